The van der Waals surface area contributed by atoms with Gasteiger partial charge >= 0.3 is 0 Å². The van der Waals surface area contributed by atoms with Crippen LogP contribution in [-0.2, 0) is 0 Å². The quantitative estimate of drug-likeness (QED) is 0.493. The Balaban J connectivity index is 2.35. The minimum atomic E-state index is 0.0614. The lowest BCUT2D eigenvalue weighted by Crippen LogP contribution is -2.27. The Morgan fingerprint density at radius 3 is 2.42 bits per heavy atom. The summed E-state index contributed by atoms with van der Waals surface area (Å²) in [7, 11) is 6.69. The lowest BCUT2D eigenvalue weighted by molar-refractivity contribution is 0.201. The molecule has 0 nitrogen and oxygen atoms in total. The van der Waals surface area contributed by atoms with Crippen molar-refractivity contribution < 1.29 is 0 Å². The summed E-state index contributed by atoms with van der Waals surface area (Å²) >= 11 is 0. The molecule has 1 heteroatoms. The fourth-order valence-electron chi connectivity index (χ4n) is 3.93. The number of rotatable bonds is 7. The number of hydrogen-bond acceptors (Lipinski definition) is 0. The third kappa shape index (κ3) is 6.36. The van der Waals surface area contributed by atoms with Crippen molar-refractivity contribution >= 4 is 7.85 Å². The molecule has 0 spiro atoms. The zero-order valence-corrected chi connectivity index (χ0v) is 14.0. The fraction of sp³-hybridized carbons (Fsp3) is 1.00. The molecule has 0 N–H and O–H groups in total. The van der Waals surface area contributed by atoms with E-state index in [-0.39, 0.29) is 5.31 Å². The smallest absolute Gasteiger partial charge is 0.0674 e. The van der Waals surface area contributed by atoms with Crippen molar-refractivity contribution in [2.75, 3.05) is 0 Å². The average molecular weight is 262 g/mol. The molecular weight excluding hydrogens is 227 g/mol. The van der Waals surface area contributed by atoms with Crippen LogP contribution in [-0.4, -0.2) is 7.85 Å². The van der Waals surface area contributed by atoms with Crippen LogP contribution >= 0.6 is 0 Å². The van der Waals surface area contributed by atoms with Gasteiger partial charge in [0.2, 0.25) is 0 Å². The first-order valence-corrected chi connectivity index (χ1v) is 8.60. The van der Waals surface area contributed by atoms with Gasteiger partial charge in [-0.1, -0.05) is 84.9 Å². The Kier molecular flexibility index (Phi) is 6.98. The van der Waals surface area contributed by atoms with E-state index >= 15 is 0 Å². The third-order valence-electron chi connectivity index (χ3n) is 5.14. The average Bonchev–Trinajstić information content (AvgIpc) is 2.27. The van der Waals surface area contributed by atoms with Gasteiger partial charge in [-0.3, -0.25) is 0 Å². The van der Waals surface area contributed by atoms with Crippen LogP contribution < -0.4 is 0 Å². The summed E-state index contributed by atoms with van der Waals surface area (Å²) in [6, 6.07) is 0. The Labute approximate surface area is 123 Å². The van der Waals surface area contributed by atoms with Gasteiger partial charge in [-0.25, -0.2) is 0 Å². The largest absolute Gasteiger partial charge is 0.0746 e. The predicted octanol–water partition coefficient (Wildman–Crippen LogP) is 6.01. The second kappa shape index (κ2) is 7.74. The lowest BCUT2D eigenvalue weighted by Gasteiger charge is -2.41. The van der Waals surface area contributed by atoms with Gasteiger partial charge in [0.05, 0.1) is 7.85 Å². The van der Waals surface area contributed by atoms with Crippen LogP contribution in [0.1, 0.15) is 86.0 Å². The Morgan fingerprint density at radius 1 is 1.16 bits per heavy atom. The van der Waals surface area contributed by atoms with Crippen LogP contribution in [0.5, 0.6) is 0 Å². The first-order valence-electron chi connectivity index (χ1n) is 8.60. The first-order chi connectivity index (χ1) is 8.81. The molecule has 0 aliphatic heterocycles. The minimum absolute atomic E-state index is 0.0614. The Hall–Kier alpha value is 0.0649. The molecule has 0 aromatic rings. The van der Waals surface area contributed by atoms with E-state index in [1.165, 1.54) is 51.4 Å². The topological polar surface area (TPSA) is 0 Å². The van der Waals surface area contributed by atoms with E-state index in [4.69, 9.17) is 7.85 Å². The highest BCUT2D eigenvalue weighted by Gasteiger charge is 2.33. The SMILES string of the molecule is [B]C(C)(CC(C)CCCC(C)C)C1CCCC(C)C1. The summed E-state index contributed by atoms with van der Waals surface area (Å²) in [6.07, 6.45) is 10.8. The molecule has 2 radical (unpaired) electrons. The van der Waals surface area contributed by atoms with Crippen LogP contribution in [0.15, 0.2) is 0 Å². The molecule has 19 heavy (non-hydrogen) atoms. The van der Waals surface area contributed by atoms with Crippen LogP contribution in [0.4, 0.5) is 0 Å². The molecule has 1 aliphatic carbocycles. The molecule has 4 unspecified atom stereocenters. The highest BCUT2D eigenvalue weighted by atomic mass is 14.4. The summed E-state index contributed by atoms with van der Waals surface area (Å²) in [5.74, 6) is 3.27. The Morgan fingerprint density at radius 2 is 1.84 bits per heavy atom. The standard InChI is InChI=1S/C18H35B/c1-14(2)8-6-10-16(4)13-18(5,19)17-11-7-9-15(3)12-17/h14-17H,6-13H2,1-5H3. The van der Waals surface area contributed by atoms with Gasteiger partial charge in [-0.15, -0.1) is 0 Å². The van der Waals surface area contributed by atoms with Gasteiger partial charge in [0, 0.05) is 0 Å². The third-order valence-corrected chi connectivity index (χ3v) is 5.14. The number of hydrogen-bond donors (Lipinski definition) is 0. The van der Waals surface area contributed by atoms with Crippen LogP contribution in [0.25, 0.3) is 0 Å². The van der Waals surface area contributed by atoms with Crippen molar-refractivity contribution in [1.29, 1.82) is 0 Å². The van der Waals surface area contributed by atoms with Gasteiger partial charge < -0.3 is 0 Å². The summed E-state index contributed by atoms with van der Waals surface area (Å²) in [5, 5.41) is 0.0614. The van der Waals surface area contributed by atoms with E-state index in [0.29, 0.717) is 0 Å². The van der Waals surface area contributed by atoms with Gasteiger partial charge in [-0.2, -0.15) is 0 Å². The van der Waals surface area contributed by atoms with Gasteiger partial charge in [0.15, 0.2) is 0 Å². The molecule has 1 fully saturated rings. The monoisotopic (exact) mass is 262 g/mol. The first kappa shape index (κ1) is 17.1. The highest BCUT2D eigenvalue weighted by Crippen LogP contribution is 2.47. The van der Waals surface area contributed by atoms with Gasteiger partial charge in [0.25, 0.3) is 0 Å². The molecule has 0 amide bonds. The van der Waals surface area contributed by atoms with E-state index in [1.54, 1.807) is 0 Å². The van der Waals surface area contributed by atoms with Crippen molar-refractivity contribution in [3.8, 4) is 0 Å². The molecule has 0 aromatic heterocycles. The zero-order valence-electron chi connectivity index (χ0n) is 14.0. The van der Waals surface area contributed by atoms with Gasteiger partial charge in [-0.05, 0) is 30.1 Å². The van der Waals surface area contributed by atoms with Crippen molar-refractivity contribution in [3.05, 3.63) is 0 Å². The van der Waals surface area contributed by atoms with Crippen molar-refractivity contribution in [1.82, 2.24) is 0 Å². The fourth-order valence-corrected chi connectivity index (χ4v) is 3.93. The molecule has 0 heterocycles. The maximum absolute atomic E-state index is 6.69. The molecule has 1 aliphatic rings. The highest BCUT2D eigenvalue weighted by molar-refractivity contribution is 6.15. The summed E-state index contributed by atoms with van der Waals surface area (Å²) in [6.45, 7) is 11.8. The summed E-state index contributed by atoms with van der Waals surface area (Å²) in [5.41, 5.74) is 0. The second-order valence-corrected chi connectivity index (χ2v) is 8.11. The molecule has 1 rings (SSSR count). The van der Waals surface area contributed by atoms with Crippen LogP contribution in [0.2, 0.25) is 5.31 Å². The summed E-state index contributed by atoms with van der Waals surface area (Å²) < 4.78 is 0. The maximum atomic E-state index is 6.69. The van der Waals surface area contributed by atoms with Crippen LogP contribution in [0, 0.1) is 23.7 Å². The van der Waals surface area contributed by atoms with Crippen molar-refractivity contribution in [2.24, 2.45) is 23.7 Å². The molecule has 0 aromatic carbocycles. The van der Waals surface area contributed by atoms with Crippen molar-refractivity contribution in [3.63, 3.8) is 0 Å². The zero-order chi connectivity index (χ0) is 14.5. The van der Waals surface area contributed by atoms with E-state index in [9.17, 15) is 0 Å². The van der Waals surface area contributed by atoms with E-state index in [0.717, 1.165) is 23.7 Å². The minimum Gasteiger partial charge on any atom is -0.0674 e. The molecule has 1 saturated carbocycles. The molecule has 4 atom stereocenters. The second-order valence-electron chi connectivity index (χ2n) is 8.11. The molecule has 0 saturated heterocycles. The normalized spacial score (nSPS) is 29.2. The Bertz CT molecular complexity index is 244. The summed E-state index contributed by atoms with van der Waals surface area (Å²) in [4.78, 5) is 0. The van der Waals surface area contributed by atoms with Crippen LogP contribution in [0.3, 0.4) is 0 Å². The molecule has 0 bridgehead atoms. The van der Waals surface area contributed by atoms with Crippen molar-refractivity contribution in [2.45, 2.75) is 91.3 Å². The lowest BCUT2D eigenvalue weighted by atomic mass is 9.54. The van der Waals surface area contributed by atoms with E-state index in [1.807, 2.05) is 0 Å². The maximum Gasteiger partial charge on any atom is 0.0746 e. The predicted molar refractivity (Wildman–Crippen MR) is 87.7 cm³/mol. The van der Waals surface area contributed by atoms with E-state index < -0.39 is 0 Å². The van der Waals surface area contributed by atoms with E-state index in [2.05, 4.69) is 34.6 Å². The molecule has 110 valence electrons. The molecular formula is C18H35B. The van der Waals surface area contributed by atoms with Gasteiger partial charge in [0.1, 0.15) is 0 Å².